The fourth-order valence-electron chi connectivity index (χ4n) is 2.09. The Morgan fingerprint density at radius 1 is 1.26 bits per heavy atom. The van der Waals surface area contributed by atoms with Crippen molar-refractivity contribution in [1.82, 2.24) is 9.55 Å². The van der Waals surface area contributed by atoms with Gasteiger partial charge in [-0.15, -0.1) is 0 Å². The predicted molar refractivity (Wildman–Crippen MR) is 71.4 cm³/mol. The van der Waals surface area contributed by atoms with Crippen LogP contribution in [0.25, 0.3) is 10.9 Å². The molecule has 3 nitrogen and oxygen atoms in total. The van der Waals surface area contributed by atoms with Gasteiger partial charge in [0.15, 0.2) is 0 Å². The monoisotopic (exact) mass is 256 g/mol. The van der Waals surface area contributed by atoms with Crippen LogP contribution in [0.15, 0.2) is 48.8 Å². The third kappa shape index (κ3) is 2.29. The quantitative estimate of drug-likeness (QED) is 0.719. The van der Waals surface area contributed by atoms with Crippen molar-refractivity contribution in [2.75, 3.05) is 0 Å². The summed E-state index contributed by atoms with van der Waals surface area (Å²) < 4.78 is 20.8. The molecule has 2 heterocycles. The van der Waals surface area contributed by atoms with E-state index in [0.717, 1.165) is 22.3 Å². The minimum absolute atomic E-state index is 0.228. The molecule has 0 aliphatic rings. The number of hydrogen-bond donors (Lipinski definition) is 0. The van der Waals surface area contributed by atoms with Crippen molar-refractivity contribution < 1.29 is 9.13 Å². The minimum atomic E-state index is -0.228. The lowest BCUT2D eigenvalue weighted by Gasteiger charge is -2.06. The van der Waals surface area contributed by atoms with Gasteiger partial charge in [0.05, 0.1) is 17.4 Å². The van der Waals surface area contributed by atoms with E-state index in [-0.39, 0.29) is 5.82 Å². The second kappa shape index (κ2) is 4.72. The van der Waals surface area contributed by atoms with Crippen molar-refractivity contribution in [3.63, 3.8) is 0 Å². The Morgan fingerprint density at radius 2 is 2.16 bits per heavy atom. The maximum absolute atomic E-state index is 13.2. The number of aryl methyl sites for hydroxylation is 1. The van der Waals surface area contributed by atoms with Gasteiger partial charge in [0.25, 0.3) is 0 Å². The molecule has 0 amide bonds. The van der Waals surface area contributed by atoms with Crippen molar-refractivity contribution in [2.45, 2.75) is 6.61 Å². The lowest BCUT2D eigenvalue weighted by Crippen LogP contribution is -2.01. The Morgan fingerprint density at radius 3 is 2.95 bits per heavy atom. The lowest BCUT2D eigenvalue weighted by molar-refractivity contribution is 0.296. The van der Waals surface area contributed by atoms with E-state index in [1.807, 2.05) is 29.8 Å². The molecule has 0 N–H and O–H groups in total. The van der Waals surface area contributed by atoms with E-state index in [0.29, 0.717) is 6.61 Å². The van der Waals surface area contributed by atoms with Gasteiger partial charge < -0.3 is 9.30 Å². The molecule has 0 saturated heterocycles. The van der Waals surface area contributed by atoms with Gasteiger partial charge in [0.1, 0.15) is 18.2 Å². The Bertz CT molecular complexity index is 707. The molecule has 1 aromatic carbocycles. The largest absolute Gasteiger partial charge is 0.486 e. The summed E-state index contributed by atoms with van der Waals surface area (Å²) in [6, 6.07) is 10.5. The normalized spacial score (nSPS) is 10.8. The number of pyridine rings is 1. The summed E-state index contributed by atoms with van der Waals surface area (Å²) in [6.45, 7) is 0.429. The fourth-order valence-corrected chi connectivity index (χ4v) is 2.09. The Balaban J connectivity index is 1.87. The van der Waals surface area contributed by atoms with Crippen molar-refractivity contribution in [3.05, 3.63) is 60.3 Å². The number of ether oxygens (including phenoxy) is 1. The van der Waals surface area contributed by atoms with Crippen molar-refractivity contribution >= 4 is 10.9 Å². The first-order valence-corrected chi connectivity index (χ1v) is 6.01. The van der Waals surface area contributed by atoms with Crippen molar-refractivity contribution in [3.8, 4) is 5.75 Å². The van der Waals surface area contributed by atoms with Crippen LogP contribution in [0.1, 0.15) is 5.69 Å². The summed E-state index contributed by atoms with van der Waals surface area (Å²) in [4.78, 5) is 3.99. The highest BCUT2D eigenvalue weighted by molar-refractivity contribution is 5.81. The molecule has 3 aromatic rings. The summed E-state index contributed by atoms with van der Waals surface area (Å²) in [6.07, 6.45) is 3.37. The molecule has 0 unspecified atom stereocenters. The van der Waals surface area contributed by atoms with E-state index >= 15 is 0 Å². The van der Waals surface area contributed by atoms with E-state index in [1.165, 1.54) is 12.1 Å². The van der Waals surface area contributed by atoms with Gasteiger partial charge in [-0.3, -0.25) is 4.98 Å². The highest BCUT2D eigenvalue weighted by Crippen LogP contribution is 2.21. The van der Waals surface area contributed by atoms with Crippen LogP contribution in [0.4, 0.5) is 4.39 Å². The average Bonchev–Trinajstić information content (AvgIpc) is 2.74. The molecule has 0 aliphatic heterocycles. The molecule has 0 radical (unpaired) electrons. The maximum Gasteiger partial charge on any atom is 0.138 e. The standard InChI is InChI=1S/C15H13FN2O/c1-18-13(10-19-14-3-2-6-17-9-14)7-11-4-5-12(16)8-15(11)18/h2-9H,10H2,1H3. The highest BCUT2D eigenvalue weighted by atomic mass is 19.1. The molecule has 0 spiro atoms. The number of benzene rings is 1. The highest BCUT2D eigenvalue weighted by Gasteiger charge is 2.07. The number of aromatic nitrogens is 2. The Kier molecular flexibility index (Phi) is 2.91. The van der Waals surface area contributed by atoms with Gasteiger partial charge in [-0.1, -0.05) is 0 Å². The topological polar surface area (TPSA) is 27.1 Å². The van der Waals surface area contributed by atoms with Crippen LogP contribution < -0.4 is 4.74 Å². The van der Waals surface area contributed by atoms with Gasteiger partial charge in [-0.25, -0.2) is 4.39 Å². The second-order valence-electron chi connectivity index (χ2n) is 4.38. The molecule has 0 saturated carbocycles. The smallest absolute Gasteiger partial charge is 0.138 e. The van der Waals surface area contributed by atoms with Crippen LogP contribution >= 0.6 is 0 Å². The minimum Gasteiger partial charge on any atom is -0.486 e. The lowest BCUT2D eigenvalue weighted by atomic mass is 10.2. The van der Waals surface area contributed by atoms with E-state index in [4.69, 9.17) is 4.74 Å². The Hall–Kier alpha value is -2.36. The van der Waals surface area contributed by atoms with Crippen LogP contribution in [-0.2, 0) is 13.7 Å². The number of rotatable bonds is 3. The van der Waals surface area contributed by atoms with Crippen molar-refractivity contribution in [1.29, 1.82) is 0 Å². The SMILES string of the molecule is Cn1c(COc2cccnc2)cc2ccc(F)cc21. The number of nitrogens with zero attached hydrogens (tertiary/aromatic N) is 2. The molecule has 19 heavy (non-hydrogen) atoms. The van der Waals surface area contributed by atoms with Crippen LogP contribution in [0.5, 0.6) is 5.75 Å². The molecule has 0 aliphatic carbocycles. The number of hydrogen-bond acceptors (Lipinski definition) is 2. The van der Waals surface area contributed by atoms with Gasteiger partial charge in [0, 0.05) is 18.6 Å². The maximum atomic E-state index is 13.2. The van der Waals surface area contributed by atoms with E-state index in [9.17, 15) is 4.39 Å². The first-order valence-electron chi connectivity index (χ1n) is 6.01. The Labute approximate surface area is 110 Å². The molecular weight excluding hydrogens is 243 g/mol. The van der Waals surface area contributed by atoms with Gasteiger partial charge in [0.2, 0.25) is 0 Å². The zero-order valence-corrected chi connectivity index (χ0v) is 10.5. The summed E-state index contributed by atoms with van der Waals surface area (Å²) in [5.74, 6) is 0.493. The summed E-state index contributed by atoms with van der Waals surface area (Å²) in [7, 11) is 1.91. The van der Waals surface area contributed by atoms with Crippen molar-refractivity contribution in [2.24, 2.45) is 7.05 Å². The van der Waals surface area contributed by atoms with Crippen LogP contribution in [0.3, 0.4) is 0 Å². The summed E-state index contributed by atoms with van der Waals surface area (Å²) >= 11 is 0. The van der Waals surface area contributed by atoms with Gasteiger partial charge in [-0.05, 0) is 36.4 Å². The molecule has 4 heteroatoms. The van der Waals surface area contributed by atoms with E-state index < -0.39 is 0 Å². The van der Waals surface area contributed by atoms with Gasteiger partial charge in [-0.2, -0.15) is 0 Å². The molecule has 0 bridgehead atoms. The van der Waals surface area contributed by atoms with Crippen LogP contribution in [0.2, 0.25) is 0 Å². The fraction of sp³-hybridized carbons (Fsp3) is 0.133. The molecule has 96 valence electrons. The first kappa shape index (κ1) is 11.7. The van der Waals surface area contributed by atoms with E-state index in [2.05, 4.69) is 4.98 Å². The molecule has 3 rings (SSSR count). The number of halogens is 1. The molecule has 0 atom stereocenters. The zero-order chi connectivity index (χ0) is 13.2. The van der Waals surface area contributed by atoms with E-state index in [1.54, 1.807) is 18.5 Å². The average molecular weight is 256 g/mol. The molecular formula is C15H13FN2O. The van der Waals surface area contributed by atoms with Crippen LogP contribution in [-0.4, -0.2) is 9.55 Å². The third-order valence-electron chi connectivity index (χ3n) is 3.13. The second-order valence-corrected chi connectivity index (χ2v) is 4.38. The summed E-state index contributed by atoms with van der Waals surface area (Å²) in [5.41, 5.74) is 1.86. The predicted octanol–water partition coefficient (Wildman–Crippen LogP) is 3.29. The molecule has 0 fully saturated rings. The summed E-state index contributed by atoms with van der Waals surface area (Å²) in [5, 5.41) is 1.01. The van der Waals surface area contributed by atoms with Crippen LogP contribution in [0, 0.1) is 5.82 Å². The van der Waals surface area contributed by atoms with Gasteiger partial charge >= 0.3 is 0 Å². The molecule has 2 aromatic heterocycles. The first-order chi connectivity index (χ1) is 9.24. The third-order valence-corrected chi connectivity index (χ3v) is 3.13. The zero-order valence-electron chi connectivity index (χ0n) is 10.5. The number of fused-ring (bicyclic) bond motifs is 1.